The highest BCUT2D eigenvalue weighted by Crippen LogP contribution is 2.32. The zero-order valence-corrected chi connectivity index (χ0v) is 7.73. The van der Waals surface area contributed by atoms with Crippen LogP contribution in [0.2, 0.25) is 0 Å². The normalized spacial score (nSPS) is 29.0. The van der Waals surface area contributed by atoms with Gasteiger partial charge in [-0.15, -0.1) is 11.8 Å². The van der Waals surface area contributed by atoms with Crippen LogP contribution in [0.25, 0.3) is 0 Å². The summed E-state index contributed by atoms with van der Waals surface area (Å²) in [6, 6.07) is 0. The first kappa shape index (κ1) is 7.80. The van der Waals surface area contributed by atoms with Crippen LogP contribution in [-0.2, 0) is 0 Å². The summed E-state index contributed by atoms with van der Waals surface area (Å²) in [4.78, 5) is 0. The molecule has 1 atom stereocenters. The second-order valence-electron chi connectivity index (χ2n) is 2.76. The van der Waals surface area contributed by atoms with E-state index >= 15 is 0 Å². The predicted molar refractivity (Wildman–Crippen MR) is 48.2 cm³/mol. The lowest BCUT2D eigenvalue weighted by atomic mass is 10.1. The molecule has 1 aliphatic heterocycles. The van der Waals surface area contributed by atoms with Gasteiger partial charge < -0.3 is 0 Å². The highest BCUT2D eigenvalue weighted by Gasteiger charge is 2.16. The molecule has 2 heteroatoms. The third kappa shape index (κ3) is 2.42. The maximum Gasteiger partial charge on any atom is 0.0394 e. The van der Waals surface area contributed by atoms with Crippen molar-refractivity contribution in [3.8, 4) is 0 Å². The fraction of sp³-hybridized carbons (Fsp3) is 1.00. The first-order valence-electron chi connectivity index (χ1n) is 3.50. The summed E-state index contributed by atoms with van der Waals surface area (Å²) in [5.41, 5.74) is 0. The third-order valence-corrected chi connectivity index (χ3v) is 4.60. The average molecular weight is 162 g/mol. The van der Waals surface area contributed by atoms with Crippen LogP contribution >= 0.6 is 23.5 Å². The number of rotatable bonds is 1. The first-order valence-corrected chi connectivity index (χ1v) is 5.70. The molecule has 0 aromatic heterocycles. The Kier molecular flexibility index (Phi) is 3.27. The summed E-state index contributed by atoms with van der Waals surface area (Å²) in [5, 5.41) is 2.27. The molecule has 0 saturated carbocycles. The van der Waals surface area contributed by atoms with E-state index in [0.717, 1.165) is 11.2 Å². The summed E-state index contributed by atoms with van der Waals surface area (Å²) in [7, 11) is 0. The van der Waals surface area contributed by atoms with E-state index in [1.807, 2.05) is 0 Å². The highest BCUT2D eigenvalue weighted by molar-refractivity contribution is 8.16. The first-order chi connectivity index (χ1) is 4.30. The van der Waals surface area contributed by atoms with Gasteiger partial charge in [-0.05, 0) is 18.1 Å². The minimum atomic E-state index is 0.885. The largest absolute Gasteiger partial charge is 0.151 e. The van der Waals surface area contributed by atoms with E-state index < -0.39 is 0 Å². The number of thioether (sulfide) groups is 2. The van der Waals surface area contributed by atoms with Crippen LogP contribution in [0.1, 0.15) is 20.3 Å². The van der Waals surface area contributed by atoms with Crippen molar-refractivity contribution in [3.05, 3.63) is 0 Å². The molecule has 0 aromatic carbocycles. The molecule has 0 bridgehead atoms. The van der Waals surface area contributed by atoms with Crippen molar-refractivity contribution in [3.63, 3.8) is 0 Å². The molecule has 1 saturated heterocycles. The summed E-state index contributed by atoms with van der Waals surface area (Å²) < 4.78 is 0. The van der Waals surface area contributed by atoms with Crippen LogP contribution in [0.3, 0.4) is 0 Å². The Morgan fingerprint density at radius 2 is 2.22 bits per heavy atom. The van der Waals surface area contributed by atoms with Crippen molar-refractivity contribution >= 4 is 23.5 Å². The molecule has 0 radical (unpaired) electrons. The summed E-state index contributed by atoms with van der Waals surface area (Å²) >= 11 is 4.21. The van der Waals surface area contributed by atoms with Gasteiger partial charge in [0.2, 0.25) is 0 Å². The Morgan fingerprint density at radius 1 is 1.44 bits per heavy atom. The van der Waals surface area contributed by atoms with Crippen LogP contribution in [-0.4, -0.2) is 16.1 Å². The molecule has 9 heavy (non-hydrogen) atoms. The van der Waals surface area contributed by atoms with Gasteiger partial charge in [-0.2, -0.15) is 11.8 Å². The van der Waals surface area contributed by atoms with Gasteiger partial charge in [-0.25, -0.2) is 0 Å². The lowest BCUT2D eigenvalue weighted by molar-refractivity contribution is 0.596. The quantitative estimate of drug-likeness (QED) is 0.581. The topological polar surface area (TPSA) is 0 Å². The second kappa shape index (κ2) is 3.77. The molecule has 1 heterocycles. The molecule has 0 spiro atoms. The molecular weight excluding hydrogens is 148 g/mol. The van der Waals surface area contributed by atoms with Gasteiger partial charge in [0.05, 0.1) is 0 Å². The van der Waals surface area contributed by atoms with Crippen molar-refractivity contribution < 1.29 is 0 Å². The van der Waals surface area contributed by atoms with Crippen molar-refractivity contribution in [2.75, 3.05) is 10.8 Å². The Morgan fingerprint density at radius 3 is 2.56 bits per heavy atom. The van der Waals surface area contributed by atoms with Gasteiger partial charge in [0.15, 0.2) is 0 Å². The Labute approximate surface area is 66.2 Å². The van der Waals surface area contributed by atoms with Gasteiger partial charge in [-0.3, -0.25) is 0 Å². The lowest BCUT2D eigenvalue weighted by Gasteiger charge is -2.23. The summed E-state index contributed by atoms with van der Waals surface area (Å²) in [5.74, 6) is 2.27. The van der Waals surface area contributed by atoms with E-state index in [0.29, 0.717) is 0 Å². The highest BCUT2D eigenvalue weighted by atomic mass is 32.2. The van der Waals surface area contributed by atoms with Crippen LogP contribution in [0, 0.1) is 5.92 Å². The minimum Gasteiger partial charge on any atom is -0.151 e. The van der Waals surface area contributed by atoms with Gasteiger partial charge in [0, 0.05) is 10.3 Å². The Hall–Kier alpha value is 0.700. The van der Waals surface area contributed by atoms with E-state index in [-0.39, 0.29) is 0 Å². The van der Waals surface area contributed by atoms with E-state index in [1.54, 1.807) is 0 Å². The second-order valence-corrected chi connectivity index (χ2v) is 5.46. The molecule has 1 aliphatic rings. The van der Waals surface area contributed by atoms with Gasteiger partial charge >= 0.3 is 0 Å². The van der Waals surface area contributed by atoms with E-state index in [2.05, 4.69) is 37.4 Å². The smallest absolute Gasteiger partial charge is 0.0394 e. The molecule has 0 aliphatic carbocycles. The van der Waals surface area contributed by atoms with E-state index in [4.69, 9.17) is 0 Å². The number of hydrogen-bond acceptors (Lipinski definition) is 2. The molecular formula is C7H14S2. The predicted octanol–water partition coefficient (Wildman–Crippen LogP) is 2.84. The van der Waals surface area contributed by atoms with Gasteiger partial charge in [0.25, 0.3) is 0 Å². The SMILES string of the molecule is CC(C)C1CCSCS1. The molecule has 0 N–H and O–H groups in total. The molecule has 1 fully saturated rings. The zero-order valence-electron chi connectivity index (χ0n) is 6.09. The molecule has 0 amide bonds. The van der Waals surface area contributed by atoms with Crippen LogP contribution in [0.4, 0.5) is 0 Å². The van der Waals surface area contributed by atoms with Crippen LogP contribution in [0.15, 0.2) is 0 Å². The Bertz CT molecular complexity index is 75.0. The molecule has 0 aromatic rings. The monoisotopic (exact) mass is 162 g/mol. The number of hydrogen-bond donors (Lipinski definition) is 0. The van der Waals surface area contributed by atoms with Crippen molar-refractivity contribution in [1.29, 1.82) is 0 Å². The Balaban J connectivity index is 2.23. The molecule has 1 unspecified atom stereocenters. The fourth-order valence-electron chi connectivity index (χ4n) is 1.00. The lowest BCUT2D eigenvalue weighted by Crippen LogP contribution is -2.15. The van der Waals surface area contributed by atoms with Crippen molar-refractivity contribution in [1.82, 2.24) is 0 Å². The standard InChI is InChI=1S/C7H14S2/c1-6(2)7-3-4-8-5-9-7/h6-7H,3-5H2,1-2H3. The van der Waals surface area contributed by atoms with Gasteiger partial charge in [-0.1, -0.05) is 13.8 Å². The van der Waals surface area contributed by atoms with Crippen molar-refractivity contribution in [2.24, 2.45) is 5.92 Å². The molecule has 54 valence electrons. The molecule has 1 rings (SSSR count). The summed E-state index contributed by atoms with van der Waals surface area (Å²) in [6.45, 7) is 4.65. The average Bonchev–Trinajstić information content (AvgIpc) is 1.90. The maximum atomic E-state index is 2.33. The third-order valence-electron chi connectivity index (χ3n) is 1.66. The fourth-order valence-corrected chi connectivity index (χ4v) is 3.80. The van der Waals surface area contributed by atoms with Crippen molar-refractivity contribution in [2.45, 2.75) is 25.5 Å². The van der Waals surface area contributed by atoms with E-state index in [1.165, 1.54) is 17.3 Å². The summed E-state index contributed by atoms with van der Waals surface area (Å²) in [6.07, 6.45) is 1.42. The van der Waals surface area contributed by atoms with E-state index in [9.17, 15) is 0 Å². The van der Waals surface area contributed by atoms with Crippen LogP contribution in [0.5, 0.6) is 0 Å². The van der Waals surface area contributed by atoms with Crippen LogP contribution < -0.4 is 0 Å². The minimum absolute atomic E-state index is 0.885. The maximum absolute atomic E-state index is 2.33. The molecule has 0 nitrogen and oxygen atoms in total. The zero-order chi connectivity index (χ0) is 6.69. The van der Waals surface area contributed by atoms with Gasteiger partial charge in [0.1, 0.15) is 0 Å².